The number of rotatable bonds is 5. The fourth-order valence-corrected chi connectivity index (χ4v) is 2.59. The van der Waals surface area contributed by atoms with E-state index in [1.807, 2.05) is 32.0 Å². The van der Waals surface area contributed by atoms with E-state index in [2.05, 4.69) is 38.2 Å². The maximum Gasteiger partial charge on any atom is 0.259 e. The van der Waals surface area contributed by atoms with Crippen molar-refractivity contribution in [2.45, 2.75) is 34.6 Å². The van der Waals surface area contributed by atoms with Crippen molar-refractivity contribution in [1.82, 2.24) is 0 Å². The quantitative estimate of drug-likeness (QED) is 0.853. The molecule has 0 aromatic heterocycles. The van der Waals surface area contributed by atoms with E-state index in [4.69, 9.17) is 4.74 Å². The average Bonchev–Trinajstić information content (AvgIpc) is 2.48. The maximum absolute atomic E-state index is 12.7. The summed E-state index contributed by atoms with van der Waals surface area (Å²) in [6.45, 7) is 10.8. The van der Waals surface area contributed by atoms with Gasteiger partial charge in [0.15, 0.2) is 0 Å². The van der Waals surface area contributed by atoms with Crippen LogP contribution in [0.1, 0.15) is 40.9 Å². The first-order valence-electron chi connectivity index (χ1n) is 7.99. The van der Waals surface area contributed by atoms with Crippen LogP contribution in [0.4, 0.5) is 5.69 Å². The van der Waals surface area contributed by atoms with Crippen LogP contribution in [0, 0.1) is 26.7 Å². The van der Waals surface area contributed by atoms with Gasteiger partial charge in [-0.25, -0.2) is 0 Å². The minimum Gasteiger partial charge on any atom is -0.492 e. The third kappa shape index (κ3) is 4.35. The predicted octanol–water partition coefficient (Wildman–Crippen LogP) is 4.90. The molecule has 0 bridgehead atoms. The van der Waals surface area contributed by atoms with Gasteiger partial charge in [-0.15, -0.1) is 0 Å². The smallest absolute Gasteiger partial charge is 0.259 e. The summed E-state index contributed by atoms with van der Waals surface area (Å²) in [5, 5.41) is 3.03. The Hall–Kier alpha value is -2.29. The Morgan fingerprint density at radius 1 is 1.09 bits per heavy atom. The van der Waals surface area contributed by atoms with Crippen LogP contribution in [0.2, 0.25) is 0 Å². The molecule has 2 aromatic carbocycles. The molecule has 3 heteroatoms. The van der Waals surface area contributed by atoms with Gasteiger partial charge in [-0.2, -0.15) is 0 Å². The van der Waals surface area contributed by atoms with E-state index >= 15 is 0 Å². The number of para-hydroxylation sites is 1. The van der Waals surface area contributed by atoms with E-state index < -0.39 is 0 Å². The van der Waals surface area contributed by atoms with E-state index in [9.17, 15) is 4.79 Å². The molecule has 0 radical (unpaired) electrons. The summed E-state index contributed by atoms with van der Waals surface area (Å²) in [5.74, 6) is 0.897. The molecular weight excluding hydrogens is 286 g/mol. The van der Waals surface area contributed by atoms with Crippen molar-refractivity contribution >= 4 is 11.6 Å². The second-order valence-electron chi connectivity index (χ2n) is 6.43. The van der Waals surface area contributed by atoms with Gasteiger partial charge < -0.3 is 10.1 Å². The number of anilines is 1. The van der Waals surface area contributed by atoms with E-state index in [1.54, 1.807) is 6.07 Å². The van der Waals surface area contributed by atoms with E-state index in [0.29, 0.717) is 23.8 Å². The van der Waals surface area contributed by atoms with Crippen LogP contribution in [0.25, 0.3) is 0 Å². The summed E-state index contributed by atoms with van der Waals surface area (Å²) in [4.78, 5) is 12.7. The molecule has 0 aliphatic carbocycles. The zero-order valence-electron chi connectivity index (χ0n) is 14.6. The van der Waals surface area contributed by atoms with Gasteiger partial charge in [-0.1, -0.05) is 43.7 Å². The Kier molecular flexibility index (Phi) is 5.43. The summed E-state index contributed by atoms with van der Waals surface area (Å²) in [6, 6.07) is 11.5. The highest BCUT2D eigenvalue weighted by Crippen LogP contribution is 2.25. The van der Waals surface area contributed by atoms with Crippen molar-refractivity contribution in [3.05, 3.63) is 58.7 Å². The highest BCUT2D eigenvalue weighted by molar-refractivity contribution is 6.06. The first-order chi connectivity index (χ1) is 10.9. The van der Waals surface area contributed by atoms with Crippen LogP contribution < -0.4 is 10.1 Å². The highest BCUT2D eigenvalue weighted by Gasteiger charge is 2.15. The second-order valence-corrected chi connectivity index (χ2v) is 6.43. The number of aryl methyl sites for hydroxylation is 3. The number of amides is 1. The third-order valence-electron chi connectivity index (χ3n) is 3.62. The largest absolute Gasteiger partial charge is 0.492 e. The standard InChI is InChI=1S/C20H25NO2/c1-13(2)12-23-18-9-7-6-8-17(18)20(22)21-19-15(4)10-14(3)11-16(19)5/h6-11,13H,12H2,1-5H3,(H,21,22). The van der Waals surface area contributed by atoms with Crippen molar-refractivity contribution in [2.75, 3.05) is 11.9 Å². The predicted molar refractivity (Wildman–Crippen MR) is 95.4 cm³/mol. The van der Waals surface area contributed by atoms with Crippen LogP contribution in [-0.4, -0.2) is 12.5 Å². The van der Waals surface area contributed by atoms with Gasteiger partial charge in [-0.3, -0.25) is 4.79 Å². The molecule has 3 nitrogen and oxygen atoms in total. The molecule has 122 valence electrons. The lowest BCUT2D eigenvalue weighted by atomic mass is 10.0. The van der Waals surface area contributed by atoms with Gasteiger partial charge in [0, 0.05) is 5.69 Å². The number of hydrogen-bond acceptors (Lipinski definition) is 2. The second kappa shape index (κ2) is 7.32. The first-order valence-corrected chi connectivity index (χ1v) is 7.99. The first kappa shape index (κ1) is 17.1. The summed E-state index contributed by atoms with van der Waals surface area (Å²) < 4.78 is 5.78. The SMILES string of the molecule is Cc1cc(C)c(NC(=O)c2ccccc2OCC(C)C)c(C)c1. The molecular formula is C20H25NO2. The summed E-state index contributed by atoms with van der Waals surface area (Å²) in [6.07, 6.45) is 0. The van der Waals surface area contributed by atoms with E-state index in [-0.39, 0.29) is 5.91 Å². The Balaban J connectivity index is 2.25. The monoisotopic (exact) mass is 311 g/mol. The number of hydrogen-bond donors (Lipinski definition) is 1. The molecule has 0 spiro atoms. The molecule has 23 heavy (non-hydrogen) atoms. The molecule has 0 aliphatic rings. The molecule has 2 rings (SSSR count). The van der Waals surface area contributed by atoms with Gasteiger partial charge in [-0.05, 0) is 49.9 Å². The molecule has 0 saturated heterocycles. The summed E-state index contributed by atoms with van der Waals surface area (Å²) in [7, 11) is 0. The van der Waals surface area contributed by atoms with Crippen LogP contribution in [-0.2, 0) is 0 Å². The summed E-state index contributed by atoms with van der Waals surface area (Å²) in [5.41, 5.74) is 4.76. The van der Waals surface area contributed by atoms with Gasteiger partial charge >= 0.3 is 0 Å². The normalized spacial score (nSPS) is 10.7. The Labute approximate surface area is 138 Å². The number of ether oxygens (including phenoxy) is 1. The molecule has 2 aromatic rings. The van der Waals surface area contributed by atoms with Crippen LogP contribution in [0.15, 0.2) is 36.4 Å². The molecule has 0 unspecified atom stereocenters. The highest BCUT2D eigenvalue weighted by atomic mass is 16.5. The lowest BCUT2D eigenvalue weighted by molar-refractivity contribution is 0.102. The molecule has 0 atom stereocenters. The van der Waals surface area contributed by atoms with Gasteiger partial charge in [0.25, 0.3) is 5.91 Å². The maximum atomic E-state index is 12.7. The van der Waals surface area contributed by atoms with Gasteiger partial charge in [0.05, 0.1) is 12.2 Å². The average molecular weight is 311 g/mol. The topological polar surface area (TPSA) is 38.3 Å². The minimum absolute atomic E-state index is 0.139. The van der Waals surface area contributed by atoms with Crippen LogP contribution in [0.5, 0.6) is 5.75 Å². The number of carbonyl (C=O) groups is 1. The number of carbonyl (C=O) groups excluding carboxylic acids is 1. The molecule has 1 N–H and O–H groups in total. The molecule has 1 amide bonds. The van der Waals surface area contributed by atoms with Crippen molar-refractivity contribution < 1.29 is 9.53 Å². The van der Waals surface area contributed by atoms with E-state index in [0.717, 1.165) is 16.8 Å². The fourth-order valence-electron chi connectivity index (χ4n) is 2.59. The van der Waals surface area contributed by atoms with Crippen molar-refractivity contribution in [3.8, 4) is 5.75 Å². The molecule has 0 fully saturated rings. The number of nitrogens with one attached hydrogen (secondary N) is 1. The lowest BCUT2D eigenvalue weighted by Gasteiger charge is -2.15. The molecule has 0 saturated carbocycles. The minimum atomic E-state index is -0.139. The van der Waals surface area contributed by atoms with Crippen molar-refractivity contribution in [3.63, 3.8) is 0 Å². The molecule has 0 heterocycles. The summed E-state index contributed by atoms with van der Waals surface area (Å²) >= 11 is 0. The van der Waals surface area contributed by atoms with Crippen LogP contribution in [0.3, 0.4) is 0 Å². The zero-order chi connectivity index (χ0) is 17.0. The Morgan fingerprint density at radius 2 is 1.70 bits per heavy atom. The Bertz CT molecular complexity index is 682. The third-order valence-corrected chi connectivity index (χ3v) is 3.62. The Morgan fingerprint density at radius 3 is 2.30 bits per heavy atom. The van der Waals surface area contributed by atoms with E-state index in [1.165, 1.54) is 5.56 Å². The lowest BCUT2D eigenvalue weighted by Crippen LogP contribution is -2.16. The van der Waals surface area contributed by atoms with Gasteiger partial charge in [0.2, 0.25) is 0 Å². The fraction of sp³-hybridized carbons (Fsp3) is 0.350. The van der Waals surface area contributed by atoms with Crippen molar-refractivity contribution in [2.24, 2.45) is 5.92 Å². The number of benzene rings is 2. The van der Waals surface area contributed by atoms with Crippen molar-refractivity contribution in [1.29, 1.82) is 0 Å². The zero-order valence-corrected chi connectivity index (χ0v) is 14.6. The van der Waals surface area contributed by atoms with Crippen LogP contribution >= 0.6 is 0 Å². The molecule has 0 aliphatic heterocycles. The van der Waals surface area contributed by atoms with Gasteiger partial charge in [0.1, 0.15) is 5.75 Å².